The number of hydrogen-bond acceptors (Lipinski definition) is 6. The van der Waals surface area contributed by atoms with Crippen molar-refractivity contribution < 1.29 is 18.7 Å². The summed E-state index contributed by atoms with van der Waals surface area (Å²) < 4.78 is 18.8. The van der Waals surface area contributed by atoms with Crippen molar-refractivity contribution in [2.75, 3.05) is 11.9 Å². The zero-order valence-electron chi connectivity index (χ0n) is 19.3. The van der Waals surface area contributed by atoms with Crippen LogP contribution in [0.25, 0.3) is 0 Å². The summed E-state index contributed by atoms with van der Waals surface area (Å²) in [6, 6.07) is 13.1. The van der Waals surface area contributed by atoms with Gasteiger partial charge >= 0.3 is 0 Å². The van der Waals surface area contributed by atoms with Crippen LogP contribution >= 0.6 is 11.8 Å². The van der Waals surface area contributed by atoms with Crippen LogP contribution in [-0.2, 0) is 9.59 Å². The lowest BCUT2D eigenvalue weighted by Gasteiger charge is -2.21. The maximum atomic E-state index is 13.1. The molecule has 0 aliphatic carbocycles. The van der Waals surface area contributed by atoms with Gasteiger partial charge in [0.2, 0.25) is 11.8 Å². The van der Waals surface area contributed by atoms with Crippen LogP contribution in [0.1, 0.15) is 51.5 Å². The molecule has 0 aromatic heterocycles. The minimum absolute atomic E-state index is 0.0368. The Hall–Kier alpha value is -3.20. The third kappa shape index (κ3) is 7.98. The van der Waals surface area contributed by atoms with Crippen LogP contribution < -0.4 is 15.4 Å². The quantitative estimate of drug-likeness (QED) is 0.278. The van der Waals surface area contributed by atoms with E-state index in [1.54, 1.807) is 31.2 Å². The fourth-order valence-corrected chi connectivity index (χ4v) is 4.12. The normalized spacial score (nSPS) is 17.4. The van der Waals surface area contributed by atoms with Gasteiger partial charge in [-0.15, -0.1) is 5.10 Å². The van der Waals surface area contributed by atoms with Crippen LogP contribution in [0.3, 0.4) is 0 Å². The molecule has 9 heteroatoms. The Kier molecular flexibility index (Phi) is 9.63. The van der Waals surface area contributed by atoms with Crippen LogP contribution in [0.2, 0.25) is 0 Å². The number of rotatable bonds is 10. The molecule has 2 N–H and O–H groups in total. The Bertz CT molecular complexity index is 1040. The van der Waals surface area contributed by atoms with Gasteiger partial charge < -0.3 is 15.4 Å². The number of unbranched alkanes of at least 4 members (excludes halogenated alkanes) is 3. The number of nitrogens with one attached hydrogen (secondary N) is 2. The van der Waals surface area contributed by atoms with Gasteiger partial charge in [0.1, 0.15) is 16.8 Å². The van der Waals surface area contributed by atoms with Gasteiger partial charge in [-0.1, -0.05) is 50.1 Å². The minimum atomic E-state index is -0.636. The van der Waals surface area contributed by atoms with Gasteiger partial charge in [0.25, 0.3) is 0 Å². The molecule has 7 nitrogen and oxygen atoms in total. The first-order valence-corrected chi connectivity index (χ1v) is 12.2. The van der Waals surface area contributed by atoms with E-state index in [2.05, 4.69) is 27.8 Å². The molecule has 0 saturated carbocycles. The third-order valence-electron chi connectivity index (χ3n) is 5.10. The first-order valence-electron chi connectivity index (χ1n) is 11.3. The van der Waals surface area contributed by atoms with Crippen molar-refractivity contribution in [3.8, 4) is 5.75 Å². The molecule has 2 aromatic carbocycles. The summed E-state index contributed by atoms with van der Waals surface area (Å²) in [5.41, 5.74) is 1.89. The Morgan fingerprint density at radius 2 is 1.88 bits per heavy atom. The fourth-order valence-electron chi connectivity index (χ4n) is 3.18. The summed E-state index contributed by atoms with van der Waals surface area (Å²) in [7, 11) is 0. The molecule has 1 saturated heterocycles. The molecule has 3 rings (SSSR count). The number of thioether (sulfide) groups is 1. The van der Waals surface area contributed by atoms with E-state index in [9.17, 15) is 14.0 Å². The monoisotopic (exact) mass is 484 g/mol. The van der Waals surface area contributed by atoms with E-state index in [1.807, 2.05) is 12.1 Å². The lowest BCUT2D eigenvalue weighted by molar-refractivity contribution is -0.123. The van der Waals surface area contributed by atoms with E-state index >= 15 is 0 Å². The van der Waals surface area contributed by atoms with Crippen LogP contribution in [-0.4, -0.2) is 34.6 Å². The molecule has 1 heterocycles. The first kappa shape index (κ1) is 25.4. The predicted molar refractivity (Wildman–Crippen MR) is 135 cm³/mol. The highest BCUT2D eigenvalue weighted by molar-refractivity contribution is 8.15. The van der Waals surface area contributed by atoms with Crippen molar-refractivity contribution in [2.24, 2.45) is 10.2 Å². The Balaban J connectivity index is 1.55. The molecule has 180 valence electrons. The second kappa shape index (κ2) is 12.9. The first-order chi connectivity index (χ1) is 16.4. The topological polar surface area (TPSA) is 92.1 Å². The van der Waals surface area contributed by atoms with Gasteiger partial charge in [0.15, 0.2) is 5.17 Å². The van der Waals surface area contributed by atoms with Gasteiger partial charge in [-0.2, -0.15) is 5.10 Å². The maximum Gasteiger partial charge on any atom is 0.238 e. The van der Waals surface area contributed by atoms with Crippen LogP contribution in [0.4, 0.5) is 10.1 Å². The number of carbonyl (C=O) groups excluding carboxylic acids is 2. The highest BCUT2D eigenvalue weighted by Gasteiger charge is 2.30. The van der Waals surface area contributed by atoms with Crippen molar-refractivity contribution in [3.05, 3.63) is 59.9 Å². The molecular formula is C25H29FN4O3S. The Morgan fingerprint density at radius 1 is 1.15 bits per heavy atom. The number of benzene rings is 2. The predicted octanol–water partition coefficient (Wildman–Crippen LogP) is 5.13. The van der Waals surface area contributed by atoms with E-state index < -0.39 is 5.25 Å². The molecule has 1 fully saturated rings. The number of carbonyl (C=O) groups is 2. The number of ether oxygens (including phenoxy) is 1. The summed E-state index contributed by atoms with van der Waals surface area (Å²) in [6.07, 6.45) is 4.60. The Labute approximate surface area is 203 Å². The van der Waals surface area contributed by atoms with Gasteiger partial charge in [0.05, 0.1) is 12.3 Å². The SMILES string of the molecule is CCCCCCOc1ccc(NC(=O)[C@H]2CC(=O)N/C(=N\N=C(/C)c3ccc(F)cc3)S2)cc1. The number of amides is 2. The zero-order chi connectivity index (χ0) is 24.3. The number of hydrogen-bond donors (Lipinski definition) is 2. The van der Waals surface area contributed by atoms with Crippen LogP contribution in [0.15, 0.2) is 58.7 Å². The molecule has 2 amide bonds. The lowest BCUT2D eigenvalue weighted by atomic mass is 10.1. The molecule has 0 unspecified atom stereocenters. The standard InChI is InChI=1S/C25H29FN4O3S/c1-3-4-5-6-15-33-21-13-11-20(12-14-21)27-24(32)22-16-23(31)28-25(34-22)30-29-17(2)18-7-9-19(26)10-8-18/h7-14,22H,3-6,15-16H2,1-2H3,(H,27,32)(H,28,30,31)/b29-17+/t22-/m1/s1. The summed E-state index contributed by atoms with van der Waals surface area (Å²) in [4.78, 5) is 24.8. The average molecular weight is 485 g/mol. The molecule has 1 aliphatic heterocycles. The summed E-state index contributed by atoms with van der Waals surface area (Å²) >= 11 is 1.14. The largest absolute Gasteiger partial charge is 0.494 e. The molecule has 34 heavy (non-hydrogen) atoms. The summed E-state index contributed by atoms with van der Waals surface area (Å²) in [6.45, 7) is 4.57. The van der Waals surface area contributed by atoms with Crippen LogP contribution in [0, 0.1) is 5.82 Å². The highest BCUT2D eigenvalue weighted by Crippen LogP contribution is 2.23. The molecule has 0 radical (unpaired) electrons. The number of nitrogens with zero attached hydrogens (tertiary/aromatic N) is 2. The van der Waals surface area contributed by atoms with E-state index in [4.69, 9.17) is 4.74 Å². The summed E-state index contributed by atoms with van der Waals surface area (Å²) in [5, 5.41) is 13.3. The smallest absolute Gasteiger partial charge is 0.238 e. The van der Waals surface area contributed by atoms with Gasteiger partial charge in [0, 0.05) is 12.1 Å². The molecule has 1 aliphatic rings. The van der Waals surface area contributed by atoms with Crippen molar-refractivity contribution in [3.63, 3.8) is 0 Å². The van der Waals surface area contributed by atoms with E-state index in [0.717, 1.165) is 30.4 Å². The number of halogens is 1. The van der Waals surface area contributed by atoms with E-state index in [-0.39, 0.29) is 29.2 Å². The Morgan fingerprint density at radius 3 is 2.59 bits per heavy atom. The van der Waals surface area contributed by atoms with Crippen molar-refractivity contribution in [2.45, 2.75) is 51.2 Å². The average Bonchev–Trinajstić information content (AvgIpc) is 2.83. The molecule has 1 atom stereocenters. The second-order valence-corrected chi connectivity index (χ2v) is 9.07. The van der Waals surface area contributed by atoms with E-state index in [0.29, 0.717) is 23.6 Å². The third-order valence-corrected chi connectivity index (χ3v) is 6.18. The molecule has 0 bridgehead atoms. The van der Waals surface area contributed by atoms with Gasteiger partial charge in [-0.05, 0) is 55.3 Å². The second-order valence-electron chi connectivity index (χ2n) is 7.88. The van der Waals surface area contributed by atoms with Gasteiger partial charge in [-0.25, -0.2) is 4.39 Å². The molecular weight excluding hydrogens is 455 g/mol. The van der Waals surface area contributed by atoms with Crippen molar-refractivity contribution in [1.29, 1.82) is 0 Å². The minimum Gasteiger partial charge on any atom is -0.494 e. The fraction of sp³-hybridized carbons (Fsp3) is 0.360. The number of anilines is 1. The lowest BCUT2D eigenvalue weighted by Crippen LogP contribution is -2.41. The van der Waals surface area contributed by atoms with E-state index in [1.165, 1.54) is 25.0 Å². The van der Waals surface area contributed by atoms with Gasteiger partial charge in [-0.3, -0.25) is 9.59 Å². The molecule has 2 aromatic rings. The highest BCUT2D eigenvalue weighted by atomic mass is 32.2. The number of amidine groups is 1. The van der Waals surface area contributed by atoms with Crippen molar-refractivity contribution >= 4 is 40.1 Å². The summed E-state index contributed by atoms with van der Waals surface area (Å²) in [5.74, 6) is -0.180. The molecule has 0 spiro atoms. The van der Waals surface area contributed by atoms with Crippen LogP contribution in [0.5, 0.6) is 5.75 Å². The maximum absolute atomic E-state index is 13.1. The zero-order valence-corrected chi connectivity index (χ0v) is 20.2. The van der Waals surface area contributed by atoms with Crippen molar-refractivity contribution in [1.82, 2.24) is 5.32 Å².